The summed E-state index contributed by atoms with van der Waals surface area (Å²) in [5.74, 6) is 0.647. The highest BCUT2D eigenvalue weighted by Gasteiger charge is 2.14. The first-order valence-electron chi connectivity index (χ1n) is 8.19. The Bertz CT molecular complexity index is 977. The quantitative estimate of drug-likeness (QED) is 0.346. The zero-order chi connectivity index (χ0) is 19.9. The summed E-state index contributed by atoms with van der Waals surface area (Å²) in [6, 6.07) is 13.7. The van der Waals surface area contributed by atoms with Gasteiger partial charge in [0.2, 0.25) is 5.91 Å². The fraction of sp³-hybridized carbons (Fsp3) is 0.167. The topological polar surface area (TPSA) is 120 Å². The number of benzene rings is 2. The van der Waals surface area contributed by atoms with Crippen LogP contribution in [0.4, 0.5) is 11.4 Å². The number of hydrogen-bond acceptors (Lipinski definition) is 8. The van der Waals surface area contributed by atoms with Gasteiger partial charge in [-0.3, -0.25) is 14.9 Å². The van der Waals surface area contributed by atoms with E-state index in [-0.39, 0.29) is 29.2 Å². The van der Waals surface area contributed by atoms with Crippen LogP contribution < -0.4 is 10.1 Å². The first-order chi connectivity index (χ1) is 13.5. The molecule has 1 aromatic heterocycles. The molecular weight excluding hydrogens is 384 g/mol. The number of rotatable bonds is 8. The molecular formula is C18H16N4O5S. The lowest BCUT2D eigenvalue weighted by atomic mass is 10.2. The summed E-state index contributed by atoms with van der Waals surface area (Å²) in [6.45, 7) is 1.76. The van der Waals surface area contributed by atoms with Gasteiger partial charge in [0.05, 0.1) is 10.7 Å². The molecule has 1 N–H and O–H groups in total. The molecule has 0 aliphatic heterocycles. The van der Waals surface area contributed by atoms with Crippen LogP contribution in [0.15, 0.2) is 58.2 Å². The van der Waals surface area contributed by atoms with E-state index in [4.69, 9.17) is 9.15 Å². The van der Waals surface area contributed by atoms with Crippen LogP contribution in [-0.2, 0) is 11.4 Å². The van der Waals surface area contributed by atoms with Crippen molar-refractivity contribution >= 4 is 29.0 Å². The summed E-state index contributed by atoms with van der Waals surface area (Å²) < 4.78 is 10.9. The molecule has 0 atom stereocenters. The number of aryl methyl sites for hydroxylation is 1. The number of hydrogen-bond donors (Lipinski definition) is 1. The number of nitro benzene ring substituents is 1. The second-order valence-corrected chi connectivity index (χ2v) is 6.59. The van der Waals surface area contributed by atoms with E-state index >= 15 is 0 Å². The first-order valence-corrected chi connectivity index (χ1v) is 9.18. The Balaban J connectivity index is 1.49. The van der Waals surface area contributed by atoms with E-state index in [9.17, 15) is 14.9 Å². The summed E-state index contributed by atoms with van der Waals surface area (Å²) in [4.78, 5) is 22.5. The summed E-state index contributed by atoms with van der Waals surface area (Å²) in [6.07, 6.45) is 0. The summed E-state index contributed by atoms with van der Waals surface area (Å²) >= 11 is 1.06. The zero-order valence-corrected chi connectivity index (χ0v) is 15.6. The number of carbonyl (C=O) groups is 1. The predicted molar refractivity (Wildman–Crippen MR) is 102 cm³/mol. The Morgan fingerprint density at radius 1 is 1.25 bits per heavy atom. The fourth-order valence-electron chi connectivity index (χ4n) is 2.22. The molecule has 9 nitrogen and oxygen atoms in total. The van der Waals surface area contributed by atoms with Crippen molar-refractivity contribution in [2.24, 2.45) is 0 Å². The van der Waals surface area contributed by atoms with Crippen molar-refractivity contribution in [3.05, 3.63) is 70.1 Å². The molecule has 28 heavy (non-hydrogen) atoms. The maximum atomic E-state index is 12.1. The van der Waals surface area contributed by atoms with Gasteiger partial charge in [0.25, 0.3) is 16.8 Å². The lowest BCUT2D eigenvalue weighted by Crippen LogP contribution is -2.14. The van der Waals surface area contributed by atoms with Gasteiger partial charge >= 0.3 is 0 Å². The van der Waals surface area contributed by atoms with Crippen molar-refractivity contribution in [2.75, 3.05) is 11.1 Å². The van der Waals surface area contributed by atoms with E-state index in [1.165, 1.54) is 6.07 Å². The van der Waals surface area contributed by atoms with Crippen LogP contribution in [-0.4, -0.2) is 26.8 Å². The minimum Gasteiger partial charge on any atom is -0.484 e. The molecule has 0 aliphatic rings. The molecule has 1 heterocycles. The monoisotopic (exact) mass is 400 g/mol. The lowest BCUT2D eigenvalue weighted by molar-refractivity contribution is -0.385. The van der Waals surface area contributed by atoms with Crippen LogP contribution in [0.5, 0.6) is 5.75 Å². The van der Waals surface area contributed by atoms with Crippen molar-refractivity contribution in [1.82, 2.24) is 10.2 Å². The SMILES string of the molecule is Cc1ccc(NC(=O)CSc2nnc(COc3ccccc3)o2)cc1[N+](=O)[O-]. The molecule has 0 fully saturated rings. The van der Waals surface area contributed by atoms with Crippen LogP contribution in [0, 0.1) is 17.0 Å². The van der Waals surface area contributed by atoms with Crippen LogP contribution in [0.1, 0.15) is 11.5 Å². The van der Waals surface area contributed by atoms with E-state index in [1.807, 2.05) is 30.3 Å². The zero-order valence-electron chi connectivity index (χ0n) is 14.8. The average molecular weight is 400 g/mol. The summed E-state index contributed by atoms with van der Waals surface area (Å²) in [5.41, 5.74) is 0.823. The van der Waals surface area contributed by atoms with Gasteiger partial charge in [0, 0.05) is 17.3 Å². The number of para-hydroxylation sites is 1. The van der Waals surface area contributed by atoms with Crippen LogP contribution >= 0.6 is 11.8 Å². The Morgan fingerprint density at radius 2 is 2.04 bits per heavy atom. The third kappa shape index (κ3) is 5.30. The van der Waals surface area contributed by atoms with Gasteiger partial charge in [0.1, 0.15) is 5.75 Å². The number of nitro groups is 1. The van der Waals surface area contributed by atoms with E-state index in [2.05, 4.69) is 15.5 Å². The van der Waals surface area contributed by atoms with Gasteiger partial charge in [-0.2, -0.15) is 0 Å². The average Bonchev–Trinajstić information content (AvgIpc) is 3.15. The molecule has 10 heteroatoms. The summed E-state index contributed by atoms with van der Waals surface area (Å²) in [7, 11) is 0. The third-order valence-electron chi connectivity index (χ3n) is 3.57. The largest absolute Gasteiger partial charge is 0.484 e. The van der Waals surface area contributed by atoms with E-state index in [1.54, 1.807) is 19.1 Å². The maximum Gasteiger partial charge on any atom is 0.277 e. The number of nitrogens with one attached hydrogen (secondary N) is 1. The third-order valence-corrected chi connectivity index (χ3v) is 4.39. The van der Waals surface area contributed by atoms with Gasteiger partial charge in [0.15, 0.2) is 6.61 Å². The highest BCUT2D eigenvalue weighted by Crippen LogP contribution is 2.23. The number of thioether (sulfide) groups is 1. The molecule has 0 radical (unpaired) electrons. The molecule has 3 aromatic rings. The molecule has 0 unspecified atom stereocenters. The predicted octanol–water partition coefficient (Wildman–Crippen LogP) is 3.60. The van der Waals surface area contributed by atoms with Crippen LogP contribution in [0.2, 0.25) is 0 Å². The van der Waals surface area contributed by atoms with Gasteiger partial charge in [-0.15, -0.1) is 10.2 Å². The highest BCUT2D eigenvalue weighted by atomic mass is 32.2. The number of nitrogens with zero attached hydrogens (tertiary/aromatic N) is 3. The van der Waals surface area contributed by atoms with Gasteiger partial charge in [-0.25, -0.2) is 0 Å². The Hall–Kier alpha value is -3.40. The molecule has 0 saturated carbocycles. The van der Waals surface area contributed by atoms with E-state index in [0.29, 0.717) is 22.9 Å². The van der Waals surface area contributed by atoms with Crippen molar-refractivity contribution in [1.29, 1.82) is 0 Å². The summed E-state index contributed by atoms with van der Waals surface area (Å²) in [5, 5.41) is 21.5. The maximum absolute atomic E-state index is 12.1. The molecule has 0 spiro atoms. The fourth-order valence-corrected chi connectivity index (χ4v) is 2.81. The second kappa shape index (κ2) is 9.00. The van der Waals surface area contributed by atoms with Gasteiger partial charge < -0.3 is 14.5 Å². The van der Waals surface area contributed by atoms with Crippen molar-refractivity contribution in [2.45, 2.75) is 18.8 Å². The molecule has 2 aromatic carbocycles. The normalized spacial score (nSPS) is 10.5. The van der Waals surface area contributed by atoms with Gasteiger partial charge in [-0.05, 0) is 25.1 Å². The number of anilines is 1. The lowest BCUT2D eigenvalue weighted by Gasteiger charge is -2.05. The Morgan fingerprint density at radius 3 is 2.79 bits per heavy atom. The highest BCUT2D eigenvalue weighted by molar-refractivity contribution is 7.99. The molecule has 0 aliphatic carbocycles. The standard InChI is InChI=1S/C18H16N4O5S/c1-12-7-8-13(9-15(12)22(24)25)19-16(23)11-28-18-21-20-17(27-18)10-26-14-5-3-2-4-6-14/h2-9H,10-11H2,1H3,(H,19,23). The Labute approximate surface area is 164 Å². The smallest absolute Gasteiger partial charge is 0.277 e. The number of ether oxygens (including phenoxy) is 1. The van der Waals surface area contributed by atoms with Crippen LogP contribution in [0.25, 0.3) is 0 Å². The minimum absolute atomic E-state index is 0.0167. The molecule has 3 rings (SSSR count). The Kier molecular flexibility index (Phi) is 6.22. The van der Waals surface area contributed by atoms with Crippen molar-refractivity contribution < 1.29 is 18.9 Å². The van der Waals surface area contributed by atoms with E-state index < -0.39 is 4.92 Å². The van der Waals surface area contributed by atoms with E-state index in [0.717, 1.165) is 11.8 Å². The van der Waals surface area contributed by atoms with Gasteiger partial charge in [-0.1, -0.05) is 36.0 Å². The first kappa shape index (κ1) is 19.4. The van der Waals surface area contributed by atoms with Crippen molar-refractivity contribution in [3.8, 4) is 5.75 Å². The molecule has 144 valence electrons. The molecule has 1 amide bonds. The number of aromatic nitrogens is 2. The molecule has 0 bridgehead atoms. The number of carbonyl (C=O) groups excluding carboxylic acids is 1. The number of amides is 1. The van der Waals surface area contributed by atoms with Crippen molar-refractivity contribution in [3.63, 3.8) is 0 Å². The van der Waals surface area contributed by atoms with Crippen LogP contribution in [0.3, 0.4) is 0 Å². The minimum atomic E-state index is -0.489. The second-order valence-electron chi connectivity index (χ2n) is 5.66. The molecule has 0 saturated heterocycles.